The lowest BCUT2D eigenvalue weighted by molar-refractivity contribution is -0.136. The highest BCUT2D eigenvalue weighted by molar-refractivity contribution is 5.99. The van der Waals surface area contributed by atoms with Crippen molar-refractivity contribution in [1.29, 1.82) is 0 Å². The van der Waals surface area contributed by atoms with Crippen LogP contribution in [0.1, 0.15) is 58.3 Å². The largest absolute Gasteiger partial charge is 0.332 e. The molecule has 0 bridgehead atoms. The van der Waals surface area contributed by atoms with Gasteiger partial charge in [-0.05, 0) is 60.1 Å². The molecule has 6 rings (SSSR count). The van der Waals surface area contributed by atoms with Crippen LogP contribution in [0.5, 0.6) is 0 Å². The maximum atomic E-state index is 13.2. The molecule has 2 atom stereocenters. The summed E-state index contributed by atoms with van der Waals surface area (Å²) in [7, 11) is 0. The molecule has 0 radical (unpaired) electrons. The van der Waals surface area contributed by atoms with Crippen molar-refractivity contribution in [2.75, 3.05) is 18.4 Å². The van der Waals surface area contributed by atoms with Crippen LogP contribution >= 0.6 is 0 Å². The summed E-state index contributed by atoms with van der Waals surface area (Å²) in [5, 5.41) is 2.94. The van der Waals surface area contributed by atoms with Gasteiger partial charge in [-0.3, -0.25) is 24.0 Å². The van der Waals surface area contributed by atoms with Crippen LogP contribution in [0.4, 0.5) is 5.69 Å². The van der Waals surface area contributed by atoms with E-state index < -0.39 is 12.1 Å². The first-order chi connectivity index (χ1) is 23.8. The van der Waals surface area contributed by atoms with Gasteiger partial charge in [-0.1, -0.05) is 97.1 Å². The maximum absolute atomic E-state index is 13.2. The second kappa shape index (κ2) is 15.7. The van der Waals surface area contributed by atoms with E-state index in [0.29, 0.717) is 37.2 Å². The Morgan fingerprint density at radius 3 is 1.57 bits per heavy atom. The van der Waals surface area contributed by atoms with E-state index in [0.717, 1.165) is 35.1 Å². The Kier molecular flexibility index (Phi) is 10.7. The monoisotopic (exact) mass is 655 g/mol. The minimum atomic E-state index is -0.505. The molecule has 3 amide bonds. The summed E-state index contributed by atoms with van der Waals surface area (Å²) >= 11 is 0. The number of amides is 3. The molecule has 0 aromatic heterocycles. The van der Waals surface area contributed by atoms with Gasteiger partial charge in [-0.25, -0.2) is 0 Å². The predicted octanol–water partition coefficient (Wildman–Crippen LogP) is 5.63. The van der Waals surface area contributed by atoms with E-state index in [1.807, 2.05) is 84.9 Å². The fraction of sp³-hybridized carbons (Fsp3) is 0.293. The van der Waals surface area contributed by atoms with Crippen LogP contribution in [0.25, 0.3) is 0 Å². The highest BCUT2D eigenvalue weighted by Gasteiger charge is 2.35. The van der Waals surface area contributed by atoms with E-state index in [9.17, 15) is 24.0 Å². The van der Waals surface area contributed by atoms with Gasteiger partial charge in [0.05, 0.1) is 18.9 Å². The number of benzene rings is 4. The molecule has 2 heterocycles. The molecular weight excluding hydrogens is 614 g/mol. The van der Waals surface area contributed by atoms with Gasteiger partial charge in [-0.15, -0.1) is 0 Å². The van der Waals surface area contributed by atoms with Crippen molar-refractivity contribution >= 4 is 35.0 Å². The zero-order valence-electron chi connectivity index (χ0n) is 27.6. The Bertz CT molecular complexity index is 1790. The topological polar surface area (TPSA) is 104 Å². The zero-order valence-corrected chi connectivity index (χ0v) is 27.6. The molecule has 250 valence electrons. The highest BCUT2D eigenvalue weighted by Crippen LogP contribution is 2.23. The van der Waals surface area contributed by atoms with Crippen molar-refractivity contribution in [2.24, 2.45) is 0 Å². The SMILES string of the molecule is O=C(Cc1ccc(NC(=O)[C@@H]2CCCN2C(=O)Cc2ccccc2)cc1)c1ccc(CC(=O)[C@@H]2CCCN2C(=O)Cc2ccccc2)cc1. The van der Waals surface area contributed by atoms with Gasteiger partial charge < -0.3 is 15.1 Å². The van der Waals surface area contributed by atoms with Gasteiger partial charge >= 0.3 is 0 Å². The number of nitrogens with one attached hydrogen (secondary N) is 1. The Hall–Kier alpha value is -5.37. The lowest BCUT2D eigenvalue weighted by Crippen LogP contribution is -2.43. The zero-order chi connectivity index (χ0) is 34.2. The first-order valence-corrected chi connectivity index (χ1v) is 17.1. The smallest absolute Gasteiger partial charge is 0.247 e. The van der Waals surface area contributed by atoms with Crippen molar-refractivity contribution in [3.8, 4) is 0 Å². The molecular formula is C41H41N3O5. The molecule has 8 nitrogen and oxygen atoms in total. The second-order valence-electron chi connectivity index (χ2n) is 12.9. The number of carbonyl (C=O) groups excluding carboxylic acids is 5. The number of hydrogen-bond donors (Lipinski definition) is 1. The van der Waals surface area contributed by atoms with Crippen molar-refractivity contribution in [1.82, 2.24) is 9.80 Å². The molecule has 49 heavy (non-hydrogen) atoms. The second-order valence-corrected chi connectivity index (χ2v) is 12.9. The standard InChI is InChI=1S/C41H41N3O5/c45-37(33-19-15-31(16-20-33)26-38(46)35-13-7-23-43(35)39(47)27-29-9-3-1-4-10-29)25-32-17-21-34(22-18-32)42-41(49)36-14-8-24-44(36)40(48)28-30-11-5-2-6-12-30/h1-6,9-12,15-22,35-36H,7-8,13-14,23-28H2,(H,42,49)/t35-,36-/m0/s1. The van der Waals surface area contributed by atoms with Gasteiger partial charge in [-0.2, -0.15) is 0 Å². The van der Waals surface area contributed by atoms with Crippen LogP contribution in [0.3, 0.4) is 0 Å². The van der Waals surface area contributed by atoms with Crippen molar-refractivity contribution in [3.05, 3.63) is 137 Å². The third kappa shape index (κ3) is 8.57. The van der Waals surface area contributed by atoms with Crippen LogP contribution in [-0.4, -0.2) is 64.3 Å². The third-order valence-electron chi connectivity index (χ3n) is 9.46. The van der Waals surface area contributed by atoms with Crippen LogP contribution in [0.2, 0.25) is 0 Å². The average molecular weight is 656 g/mol. The fourth-order valence-electron chi connectivity index (χ4n) is 6.83. The summed E-state index contributed by atoms with van der Waals surface area (Å²) in [5.41, 5.74) is 4.65. The van der Waals surface area contributed by atoms with Crippen molar-refractivity contribution < 1.29 is 24.0 Å². The fourth-order valence-corrected chi connectivity index (χ4v) is 6.83. The molecule has 2 aliphatic heterocycles. The van der Waals surface area contributed by atoms with Crippen LogP contribution in [0, 0.1) is 0 Å². The maximum Gasteiger partial charge on any atom is 0.247 e. The Labute approximate surface area is 287 Å². The van der Waals surface area contributed by atoms with Gasteiger partial charge in [0.2, 0.25) is 17.7 Å². The van der Waals surface area contributed by atoms with Crippen molar-refractivity contribution in [2.45, 2.75) is 63.5 Å². The Morgan fingerprint density at radius 2 is 1.00 bits per heavy atom. The van der Waals surface area contributed by atoms with Gasteiger partial charge in [0.1, 0.15) is 6.04 Å². The third-order valence-corrected chi connectivity index (χ3v) is 9.46. The summed E-state index contributed by atoms with van der Waals surface area (Å²) in [4.78, 5) is 68.7. The van der Waals surface area contributed by atoms with E-state index in [1.54, 1.807) is 34.1 Å². The molecule has 1 N–H and O–H groups in total. The lowest BCUT2D eigenvalue weighted by Gasteiger charge is -2.24. The quantitative estimate of drug-likeness (QED) is 0.199. The minimum absolute atomic E-state index is 0.0181. The number of nitrogens with zero attached hydrogens (tertiary/aromatic N) is 2. The van der Waals surface area contributed by atoms with E-state index in [-0.39, 0.29) is 55.0 Å². The predicted molar refractivity (Wildman–Crippen MR) is 188 cm³/mol. The molecule has 0 aliphatic carbocycles. The highest BCUT2D eigenvalue weighted by atomic mass is 16.2. The summed E-state index contributed by atoms with van der Waals surface area (Å²) in [6.45, 7) is 1.16. The Morgan fingerprint density at radius 1 is 0.531 bits per heavy atom. The molecule has 2 saturated heterocycles. The summed E-state index contributed by atoms with van der Waals surface area (Å²) < 4.78 is 0. The average Bonchev–Trinajstić information content (AvgIpc) is 3.82. The molecule has 0 unspecified atom stereocenters. The number of likely N-dealkylation sites (tertiary alicyclic amines) is 2. The van der Waals surface area contributed by atoms with Gasteiger partial charge in [0.25, 0.3) is 0 Å². The number of rotatable bonds is 12. The normalized spacial score (nSPS) is 17.1. The molecule has 0 spiro atoms. The number of carbonyl (C=O) groups is 5. The van der Waals surface area contributed by atoms with Crippen molar-refractivity contribution in [3.63, 3.8) is 0 Å². The summed E-state index contributed by atoms with van der Waals surface area (Å²) in [5.74, 6) is -0.319. The Balaban J connectivity index is 0.982. The number of anilines is 1. The molecule has 8 heteroatoms. The first-order valence-electron chi connectivity index (χ1n) is 17.1. The summed E-state index contributed by atoms with van der Waals surface area (Å²) in [6.07, 6.45) is 3.85. The van der Waals surface area contributed by atoms with Gasteiger partial charge in [0.15, 0.2) is 11.6 Å². The summed E-state index contributed by atoms with van der Waals surface area (Å²) in [6, 6.07) is 32.5. The number of Topliss-reactive ketones (excluding diaryl/α,β-unsaturated/α-hetero) is 2. The molecule has 4 aromatic rings. The van der Waals surface area contributed by atoms with E-state index >= 15 is 0 Å². The van der Waals surface area contributed by atoms with Gasteiger partial charge in [0, 0.05) is 37.2 Å². The molecule has 2 fully saturated rings. The minimum Gasteiger partial charge on any atom is -0.332 e. The molecule has 2 aliphatic rings. The van der Waals surface area contributed by atoms with E-state index in [4.69, 9.17) is 0 Å². The van der Waals surface area contributed by atoms with Crippen LogP contribution in [0.15, 0.2) is 109 Å². The first kappa shape index (κ1) is 33.5. The van der Waals surface area contributed by atoms with Crippen LogP contribution in [-0.2, 0) is 44.9 Å². The lowest BCUT2D eigenvalue weighted by atomic mass is 9.98. The number of ketones is 2. The van der Waals surface area contributed by atoms with E-state index in [1.165, 1.54) is 0 Å². The molecule has 0 saturated carbocycles. The van der Waals surface area contributed by atoms with Crippen LogP contribution < -0.4 is 5.32 Å². The molecule has 4 aromatic carbocycles. The van der Waals surface area contributed by atoms with E-state index in [2.05, 4.69) is 5.32 Å². The number of hydrogen-bond acceptors (Lipinski definition) is 5.